The number of nitrogens with one attached hydrogen (secondary N) is 2. The lowest BCUT2D eigenvalue weighted by atomic mass is 9.97. The van der Waals surface area contributed by atoms with Crippen molar-refractivity contribution in [2.24, 2.45) is 10.9 Å². The highest BCUT2D eigenvalue weighted by Gasteiger charge is 2.23. The number of aromatic nitrogens is 3. The lowest BCUT2D eigenvalue weighted by Gasteiger charge is -2.32. The first-order chi connectivity index (χ1) is 21.3. The van der Waals surface area contributed by atoms with Crippen molar-refractivity contribution in [3.05, 3.63) is 73.1 Å². The number of aryl methyl sites for hydroxylation is 1. The molecule has 1 fully saturated rings. The number of piperidine rings is 1. The number of pyridine rings is 2. The number of guanidine groups is 1. The minimum Gasteiger partial charge on any atom is -0.453 e. The van der Waals surface area contributed by atoms with Gasteiger partial charge in [-0.25, -0.2) is 14.4 Å². The van der Waals surface area contributed by atoms with Crippen molar-refractivity contribution in [1.29, 1.82) is 0 Å². The molecule has 0 unspecified atom stereocenters. The quantitative estimate of drug-likeness (QED) is 0.179. The van der Waals surface area contributed by atoms with Gasteiger partial charge in [0.15, 0.2) is 11.6 Å². The van der Waals surface area contributed by atoms with Gasteiger partial charge in [-0.05, 0) is 76.3 Å². The molecule has 4 heterocycles. The molecule has 11 nitrogen and oxygen atoms in total. The van der Waals surface area contributed by atoms with Gasteiger partial charge in [-0.3, -0.25) is 9.79 Å². The number of nitrogens with zero attached hydrogens (tertiary/aromatic N) is 6. The van der Waals surface area contributed by atoms with Gasteiger partial charge in [-0.15, -0.1) is 0 Å². The molecule has 230 valence electrons. The van der Waals surface area contributed by atoms with Gasteiger partial charge in [0.2, 0.25) is 11.9 Å². The van der Waals surface area contributed by atoms with E-state index in [4.69, 9.17) is 14.3 Å². The van der Waals surface area contributed by atoms with Crippen LogP contribution >= 0.6 is 11.8 Å². The van der Waals surface area contributed by atoms with Crippen molar-refractivity contribution >= 4 is 40.5 Å². The zero-order valence-corrected chi connectivity index (χ0v) is 25.7. The second-order valence-electron chi connectivity index (χ2n) is 10.7. The summed E-state index contributed by atoms with van der Waals surface area (Å²) in [6.07, 6.45) is 6.69. The molecule has 13 heteroatoms. The predicted molar refractivity (Wildman–Crippen MR) is 168 cm³/mol. The fourth-order valence-electron chi connectivity index (χ4n) is 4.77. The van der Waals surface area contributed by atoms with E-state index in [1.807, 2.05) is 43.0 Å². The maximum atomic E-state index is 13.6. The van der Waals surface area contributed by atoms with E-state index in [1.54, 1.807) is 24.5 Å². The maximum absolute atomic E-state index is 13.6. The summed E-state index contributed by atoms with van der Waals surface area (Å²) >= 11 is 1.47. The molecule has 3 aromatic heterocycles. The molecule has 1 saturated heterocycles. The highest BCUT2D eigenvalue weighted by molar-refractivity contribution is 7.99. The number of amides is 1. The molecule has 0 atom stereocenters. The highest BCUT2D eigenvalue weighted by atomic mass is 32.2. The number of carbonyl (C=O) groups excluding carboxylic acids is 1. The number of rotatable bonds is 10. The highest BCUT2D eigenvalue weighted by Crippen LogP contribution is 2.38. The Hall–Kier alpha value is -4.49. The van der Waals surface area contributed by atoms with Crippen LogP contribution in [0.2, 0.25) is 0 Å². The maximum Gasteiger partial charge on any atom is 0.259 e. The van der Waals surface area contributed by atoms with Crippen LogP contribution in [0.25, 0.3) is 11.1 Å². The van der Waals surface area contributed by atoms with Crippen molar-refractivity contribution in [1.82, 2.24) is 30.2 Å². The number of hydrogen-bond acceptors (Lipinski definition) is 9. The van der Waals surface area contributed by atoms with Crippen molar-refractivity contribution in [3.8, 4) is 11.5 Å². The van der Waals surface area contributed by atoms with Crippen molar-refractivity contribution in [2.45, 2.75) is 29.6 Å². The number of ether oxygens (including phenoxy) is 1. The summed E-state index contributed by atoms with van der Waals surface area (Å²) < 4.78 is 25.1. The lowest BCUT2D eigenvalue weighted by Crippen LogP contribution is -2.43. The molecule has 1 amide bonds. The summed E-state index contributed by atoms with van der Waals surface area (Å²) in [7, 11) is 3.80. The number of fused-ring (bicyclic) bond motifs is 1. The normalized spacial score (nSPS) is 14.2. The van der Waals surface area contributed by atoms with Crippen molar-refractivity contribution in [2.75, 3.05) is 45.6 Å². The number of anilines is 1. The molecule has 44 heavy (non-hydrogen) atoms. The van der Waals surface area contributed by atoms with Gasteiger partial charge in [0.1, 0.15) is 11.6 Å². The van der Waals surface area contributed by atoms with Gasteiger partial charge >= 0.3 is 0 Å². The number of likely N-dealkylation sites (N-methyl/N-ethyl adjacent to an activating group) is 1. The van der Waals surface area contributed by atoms with E-state index in [1.165, 1.54) is 30.1 Å². The Morgan fingerprint density at radius 3 is 2.75 bits per heavy atom. The van der Waals surface area contributed by atoms with E-state index in [2.05, 4.69) is 32.3 Å². The lowest BCUT2D eigenvalue weighted by molar-refractivity contribution is -0.133. The zero-order valence-electron chi connectivity index (χ0n) is 24.9. The first kappa shape index (κ1) is 31.0. The van der Waals surface area contributed by atoms with Crippen LogP contribution < -0.4 is 15.4 Å². The summed E-state index contributed by atoms with van der Waals surface area (Å²) in [6, 6.07) is 9.53. The molecule has 1 aromatic carbocycles. The second-order valence-corrected chi connectivity index (χ2v) is 11.8. The first-order valence-electron chi connectivity index (χ1n) is 14.2. The predicted octanol–water partition coefficient (Wildman–Crippen LogP) is 5.31. The molecular weight excluding hydrogens is 583 g/mol. The Morgan fingerprint density at radius 2 is 2.02 bits per heavy atom. The number of likely N-dealkylation sites (tertiary alicyclic amines) is 1. The largest absolute Gasteiger partial charge is 0.453 e. The number of halogens is 1. The van der Waals surface area contributed by atoms with E-state index in [0.717, 1.165) is 46.8 Å². The minimum absolute atomic E-state index is 0.152. The van der Waals surface area contributed by atoms with Crippen LogP contribution in [0.4, 0.5) is 10.2 Å². The second kappa shape index (κ2) is 14.3. The summed E-state index contributed by atoms with van der Waals surface area (Å²) in [5.41, 5.74) is 1.20. The first-order valence-corrected chi connectivity index (χ1v) is 15.0. The van der Waals surface area contributed by atoms with Gasteiger partial charge in [-0.1, -0.05) is 23.5 Å². The summed E-state index contributed by atoms with van der Waals surface area (Å²) in [5.74, 6) is 1.86. The van der Waals surface area contributed by atoms with Crippen molar-refractivity contribution in [3.63, 3.8) is 0 Å². The monoisotopic (exact) mass is 618 g/mol. The fourth-order valence-corrected chi connectivity index (χ4v) is 5.76. The smallest absolute Gasteiger partial charge is 0.259 e. The van der Waals surface area contributed by atoms with Crippen LogP contribution in [0, 0.1) is 18.7 Å². The van der Waals surface area contributed by atoms with E-state index in [9.17, 15) is 9.18 Å². The zero-order chi connectivity index (χ0) is 31.1. The average Bonchev–Trinajstić information content (AvgIpc) is 3.39. The van der Waals surface area contributed by atoms with Crippen molar-refractivity contribution < 1.29 is 18.4 Å². The topological polar surface area (TPSA) is 121 Å². The number of aliphatic imine (C=N–C) groups is 1. The minimum atomic E-state index is -0.360. The fraction of sp³-hybridized carbons (Fsp3) is 0.323. The van der Waals surface area contributed by atoms with Crippen LogP contribution in [0.5, 0.6) is 11.5 Å². The van der Waals surface area contributed by atoms with E-state index >= 15 is 0 Å². The molecule has 0 aliphatic carbocycles. The third kappa shape index (κ3) is 7.91. The Kier molecular flexibility index (Phi) is 10.1. The number of benzene rings is 1. The number of carbonyl (C=O) groups is 1. The van der Waals surface area contributed by atoms with Gasteiger partial charge in [-0.2, -0.15) is 0 Å². The third-order valence-corrected chi connectivity index (χ3v) is 8.03. The van der Waals surface area contributed by atoms with Crippen LogP contribution in [-0.2, 0) is 4.79 Å². The molecule has 0 spiro atoms. The van der Waals surface area contributed by atoms with Gasteiger partial charge in [0.05, 0.1) is 17.6 Å². The van der Waals surface area contributed by atoms with E-state index in [0.29, 0.717) is 48.0 Å². The van der Waals surface area contributed by atoms with Gasteiger partial charge in [0.25, 0.3) is 5.71 Å². The standard InChI is InChI=1S/C31H35FN8O3S/c1-5-33-31(36-17-21-11-14-40(15-12-21)27(41)19-39(3)4)37-29-25(42-23-8-6-22(32)7-9-23)16-24(18-35-29)44-26-10-13-34-30-28(26)20(2)38-43-30/h5-10,13,16,18,21H,1,11-12,14-15,17,19H2,2-4H3,(H2,33,35,36,37). The summed E-state index contributed by atoms with van der Waals surface area (Å²) in [4.78, 5) is 31.6. The molecule has 4 aromatic rings. The molecule has 5 rings (SSSR count). The molecule has 1 aliphatic rings. The Labute approximate surface area is 259 Å². The Balaban J connectivity index is 1.34. The Morgan fingerprint density at radius 1 is 1.25 bits per heavy atom. The molecule has 0 bridgehead atoms. The van der Waals surface area contributed by atoms with Gasteiger partial charge in [0, 0.05) is 47.9 Å². The van der Waals surface area contributed by atoms with Crippen LogP contribution in [-0.4, -0.2) is 77.1 Å². The molecule has 1 aliphatic heterocycles. The molecule has 2 N–H and O–H groups in total. The molecular formula is C31H35FN8O3S. The SMILES string of the molecule is C=CNC(=NCC1CCN(C(=O)CN(C)C)CC1)Nc1ncc(Sc2ccnc3onc(C)c23)cc1Oc1ccc(F)cc1. The van der Waals surface area contributed by atoms with E-state index in [-0.39, 0.29) is 11.7 Å². The average molecular weight is 619 g/mol. The molecule has 0 saturated carbocycles. The van der Waals surface area contributed by atoms with Crippen LogP contribution in [0.3, 0.4) is 0 Å². The van der Waals surface area contributed by atoms with Crippen LogP contribution in [0.15, 0.2) is 80.9 Å². The Bertz CT molecular complexity index is 1630. The molecule has 0 radical (unpaired) electrons. The third-order valence-electron chi connectivity index (χ3n) is 7.01. The van der Waals surface area contributed by atoms with E-state index < -0.39 is 0 Å². The van der Waals surface area contributed by atoms with Crippen LogP contribution in [0.1, 0.15) is 18.5 Å². The summed E-state index contributed by atoms with van der Waals surface area (Å²) in [5, 5.41) is 11.2. The number of hydrogen-bond donors (Lipinski definition) is 2. The van der Waals surface area contributed by atoms with Gasteiger partial charge < -0.3 is 29.7 Å². The summed E-state index contributed by atoms with van der Waals surface area (Å²) in [6.45, 7) is 8.08.